The Kier molecular flexibility index (Phi) is 6.68. The monoisotopic (exact) mass is 429 g/mol. The molecule has 0 bridgehead atoms. The van der Waals surface area contributed by atoms with Crippen molar-refractivity contribution >= 4 is 34.8 Å². The molecule has 0 saturated heterocycles. The number of hydrogen-bond acceptors (Lipinski definition) is 3. The first-order chi connectivity index (χ1) is 13.9. The van der Waals surface area contributed by atoms with Crippen LogP contribution in [-0.4, -0.2) is 13.0 Å². The van der Waals surface area contributed by atoms with E-state index in [2.05, 4.69) is 5.32 Å². The van der Waals surface area contributed by atoms with Gasteiger partial charge in [0.2, 0.25) is 0 Å². The molecule has 0 saturated carbocycles. The molecule has 0 aliphatic heterocycles. The number of aryl methyl sites for hydroxylation is 2. The van der Waals surface area contributed by atoms with Crippen molar-refractivity contribution in [2.24, 2.45) is 0 Å². The van der Waals surface area contributed by atoms with Crippen LogP contribution in [0.4, 0.5) is 5.69 Å². The number of anilines is 1. The standard InChI is InChI=1S/C23H21Cl2NO3/c1-14-11-19(6-7-20(14)25)29-13-17-12-16(4-9-22(17)28-3)23(27)26-21-8-5-18(24)10-15(21)2/h4-12H,13H2,1-3H3,(H,26,27). The SMILES string of the molecule is COc1ccc(C(=O)Nc2ccc(Cl)cc2C)cc1COc1ccc(Cl)c(C)c1. The molecular weight excluding hydrogens is 409 g/mol. The zero-order valence-corrected chi connectivity index (χ0v) is 17.9. The van der Waals surface area contributed by atoms with E-state index in [-0.39, 0.29) is 12.5 Å². The molecule has 0 spiro atoms. The third kappa shape index (κ3) is 5.22. The summed E-state index contributed by atoms with van der Waals surface area (Å²) in [5.74, 6) is 1.12. The van der Waals surface area contributed by atoms with E-state index in [4.69, 9.17) is 32.7 Å². The highest BCUT2D eigenvalue weighted by Crippen LogP contribution is 2.26. The van der Waals surface area contributed by atoms with Gasteiger partial charge in [-0.1, -0.05) is 23.2 Å². The lowest BCUT2D eigenvalue weighted by atomic mass is 10.1. The number of methoxy groups -OCH3 is 1. The Morgan fingerprint density at radius 2 is 1.76 bits per heavy atom. The highest BCUT2D eigenvalue weighted by atomic mass is 35.5. The Labute approximate surface area is 180 Å². The van der Waals surface area contributed by atoms with Gasteiger partial charge in [0.05, 0.1) is 7.11 Å². The van der Waals surface area contributed by atoms with Crippen molar-refractivity contribution < 1.29 is 14.3 Å². The van der Waals surface area contributed by atoms with Gasteiger partial charge in [0.15, 0.2) is 0 Å². The van der Waals surface area contributed by atoms with Crippen LogP contribution in [0.1, 0.15) is 27.0 Å². The summed E-state index contributed by atoms with van der Waals surface area (Å²) in [7, 11) is 1.59. The average molecular weight is 430 g/mol. The summed E-state index contributed by atoms with van der Waals surface area (Å²) in [6.45, 7) is 4.06. The second-order valence-electron chi connectivity index (χ2n) is 6.64. The molecule has 0 atom stereocenters. The van der Waals surface area contributed by atoms with E-state index in [1.54, 1.807) is 49.6 Å². The number of hydrogen-bond donors (Lipinski definition) is 1. The summed E-state index contributed by atoms with van der Waals surface area (Å²) >= 11 is 12.0. The number of ether oxygens (including phenoxy) is 2. The van der Waals surface area contributed by atoms with Gasteiger partial charge in [0, 0.05) is 26.9 Å². The zero-order chi connectivity index (χ0) is 21.0. The summed E-state index contributed by atoms with van der Waals surface area (Å²) in [6, 6.07) is 16.0. The molecule has 0 aliphatic carbocycles. The summed E-state index contributed by atoms with van der Waals surface area (Å²) in [5, 5.41) is 4.22. The lowest BCUT2D eigenvalue weighted by Gasteiger charge is -2.13. The van der Waals surface area contributed by atoms with Crippen molar-refractivity contribution in [2.45, 2.75) is 20.5 Å². The number of rotatable bonds is 6. The van der Waals surface area contributed by atoms with E-state index in [9.17, 15) is 4.79 Å². The number of amides is 1. The average Bonchev–Trinajstić information content (AvgIpc) is 2.70. The second-order valence-corrected chi connectivity index (χ2v) is 7.48. The highest BCUT2D eigenvalue weighted by molar-refractivity contribution is 6.31. The van der Waals surface area contributed by atoms with E-state index >= 15 is 0 Å². The topological polar surface area (TPSA) is 47.6 Å². The van der Waals surface area contributed by atoms with Gasteiger partial charge < -0.3 is 14.8 Å². The number of halogens is 2. The third-order valence-electron chi connectivity index (χ3n) is 4.50. The van der Waals surface area contributed by atoms with Crippen LogP contribution in [0.15, 0.2) is 54.6 Å². The van der Waals surface area contributed by atoms with Crippen molar-refractivity contribution in [3.8, 4) is 11.5 Å². The van der Waals surface area contributed by atoms with Gasteiger partial charge in [-0.05, 0) is 79.6 Å². The molecule has 3 aromatic carbocycles. The number of carbonyl (C=O) groups excluding carboxylic acids is 1. The van der Waals surface area contributed by atoms with Crippen LogP contribution in [0.5, 0.6) is 11.5 Å². The van der Waals surface area contributed by atoms with Gasteiger partial charge >= 0.3 is 0 Å². The molecule has 3 aromatic rings. The number of carbonyl (C=O) groups is 1. The Morgan fingerprint density at radius 1 is 0.966 bits per heavy atom. The Bertz CT molecular complexity index is 1050. The molecule has 3 rings (SSSR count). The highest BCUT2D eigenvalue weighted by Gasteiger charge is 2.13. The number of nitrogens with one attached hydrogen (secondary N) is 1. The van der Waals surface area contributed by atoms with Crippen LogP contribution in [0.3, 0.4) is 0 Å². The fourth-order valence-corrected chi connectivity index (χ4v) is 3.21. The molecule has 0 unspecified atom stereocenters. The molecule has 150 valence electrons. The molecule has 0 fully saturated rings. The maximum atomic E-state index is 12.7. The van der Waals surface area contributed by atoms with Crippen molar-refractivity contribution in [3.05, 3.63) is 86.9 Å². The minimum atomic E-state index is -0.221. The van der Waals surface area contributed by atoms with E-state index in [0.717, 1.165) is 16.7 Å². The van der Waals surface area contributed by atoms with Crippen LogP contribution in [0.2, 0.25) is 10.0 Å². The van der Waals surface area contributed by atoms with Crippen LogP contribution < -0.4 is 14.8 Å². The fourth-order valence-electron chi connectivity index (χ4n) is 2.86. The van der Waals surface area contributed by atoms with Crippen molar-refractivity contribution in [3.63, 3.8) is 0 Å². The third-order valence-corrected chi connectivity index (χ3v) is 5.16. The maximum absolute atomic E-state index is 12.7. The minimum absolute atomic E-state index is 0.221. The van der Waals surface area contributed by atoms with Gasteiger partial charge in [-0.2, -0.15) is 0 Å². The molecule has 0 aliphatic rings. The molecule has 0 heterocycles. The van der Waals surface area contributed by atoms with Gasteiger partial charge in [-0.25, -0.2) is 0 Å². The molecule has 1 N–H and O–H groups in total. The van der Waals surface area contributed by atoms with Crippen molar-refractivity contribution in [1.82, 2.24) is 0 Å². The lowest BCUT2D eigenvalue weighted by Crippen LogP contribution is -2.13. The van der Waals surface area contributed by atoms with Crippen LogP contribution >= 0.6 is 23.2 Å². The molecular formula is C23H21Cl2NO3. The minimum Gasteiger partial charge on any atom is -0.496 e. The summed E-state index contributed by atoms with van der Waals surface area (Å²) in [6.07, 6.45) is 0. The van der Waals surface area contributed by atoms with E-state index < -0.39 is 0 Å². The fraction of sp³-hybridized carbons (Fsp3) is 0.174. The van der Waals surface area contributed by atoms with Gasteiger partial charge in [0.1, 0.15) is 18.1 Å². The lowest BCUT2D eigenvalue weighted by molar-refractivity contribution is 0.102. The summed E-state index contributed by atoms with van der Waals surface area (Å²) in [4.78, 5) is 12.7. The Balaban J connectivity index is 1.78. The molecule has 0 radical (unpaired) electrons. The second kappa shape index (κ2) is 9.21. The van der Waals surface area contributed by atoms with E-state index in [0.29, 0.717) is 32.8 Å². The van der Waals surface area contributed by atoms with Crippen molar-refractivity contribution in [2.75, 3.05) is 12.4 Å². The molecule has 0 aromatic heterocycles. The van der Waals surface area contributed by atoms with Crippen LogP contribution in [0, 0.1) is 13.8 Å². The summed E-state index contributed by atoms with van der Waals surface area (Å²) < 4.78 is 11.3. The Hall–Kier alpha value is -2.69. The van der Waals surface area contributed by atoms with Gasteiger partial charge in [0.25, 0.3) is 5.91 Å². The Morgan fingerprint density at radius 3 is 2.45 bits per heavy atom. The quantitative estimate of drug-likeness (QED) is 0.489. The predicted octanol–water partition coefficient (Wildman–Crippen LogP) is 6.45. The normalized spacial score (nSPS) is 10.5. The first kappa shape index (κ1) is 21.0. The number of benzene rings is 3. The predicted molar refractivity (Wildman–Crippen MR) is 118 cm³/mol. The van der Waals surface area contributed by atoms with Crippen LogP contribution in [-0.2, 0) is 6.61 Å². The summed E-state index contributed by atoms with van der Waals surface area (Å²) in [5.41, 5.74) is 3.81. The smallest absolute Gasteiger partial charge is 0.255 e. The zero-order valence-electron chi connectivity index (χ0n) is 16.4. The maximum Gasteiger partial charge on any atom is 0.255 e. The first-order valence-electron chi connectivity index (χ1n) is 9.00. The largest absolute Gasteiger partial charge is 0.496 e. The molecule has 4 nitrogen and oxygen atoms in total. The van der Waals surface area contributed by atoms with E-state index in [1.807, 2.05) is 26.0 Å². The first-order valence-corrected chi connectivity index (χ1v) is 9.76. The van der Waals surface area contributed by atoms with Gasteiger partial charge in [-0.3, -0.25) is 4.79 Å². The van der Waals surface area contributed by atoms with Crippen molar-refractivity contribution in [1.29, 1.82) is 0 Å². The van der Waals surface area contributed by atoms with Gasteiger partial charge in [-0.15, -0.1) is 0 Å². The van der Waals surface area contributed by atoms with E-state index in [1.165, 1.54) is 0 Å². The molecule has 1 amide bonds. The molecule has 29 heavy (non-hydrogen) atoms. The van der Waals surface area contributed by atoms with Crippen LogP contribution in [0.25, 0.3) is 0 Å². The molecule has 6 heteroatoms.